The highest BCUT2D eigenvalue weighted by Gasteiger charge is 2.23. The third-order valence-corrected chi connectivity index (χ3v) is 6.13. The summed E-state index contributed by atoms with van der Waals surface area (Å²) in [5.74, 6) is -0.368. The fourth-order valence-corrected chi connectivity index (χ4v) is 4.07. The van der Waals surface area contributed by atoms with E-state index in [2.05, 4.69) is 9.71 Å². The van der Waals surface area contributed by atoms with Gasteiger partial charge < -0.3 is 4.57 Å². The highest BCUT2D eigenvalue weighted by molar-refractivity contribution is 7.90. The van der Waals surface area contributed by atoms with Crippen LogP contribution in [0.1, 0.15) is 16.1 Å². The van der Waals surface area contributed by atoms with Gasteiger partial charge >= 0.3 is 0 Å². The maximum absolute atomic E-state index is 12.5. The lowest BCUT2D eigenvalue weighted by Gasteiger charge is -2.07. The number of aryl methyl sites for hydroxylation is 2. The first-order chi connectivity index (χ1) is 12.7. The highest BCUT2D eigenvalue weighted by Crippen LogP contribution is 2.28. The van der Waals surface area contributed by atoms with E-state index in [-0.39, 0.29) is 10.6 Å². The molecule has 9 heteroatoms. The number of hydrogen-bond acceptors (Lipinski definition) is 4. The van der Waals surface area contributed by atoms with Crippen LogP contribution < -0.4 is 4.72 Å². The molecule has 2 aromatic carbocycles. The second-order valence-electron chi connectivity index (χ2n) is 5.89. The van der Waals surface area contributed by atoms with Crippen LogP contribution in [0, 0.1) is 6.92 Å². The Bertz CT molecular complexity index is 1140. The van der Waals surface area contributed by atoms with E-state index >= 15 is 0 Å². The molecular formula is C18H15Cl2N3O3S. The monoisotopic (exact) mass is 423 g/mol. The standard InChI is InChI=1S/C18H15Cl2N3O3S/c1-11-5-3-4-6-16(11)27(25,26)22-18(24)15-10-23(2)17(21-15)12-7-8-13(19)14(20)9-12/h3-10H,1-2H3,(H,22,24). The van der Waals surface area contributed by atoms with Gasteiger partial charge in [-0.1, -0.05) is 41.4 Å². The van der Waals surface area contributed by atoms with Gasteiger partial charge in [-0.3, -0.25) is 4.79 Å². The van der Waals surface area contributed by atoms with Crippen molar-refractivity contribution in [2.45, 2.75) is 11.8 Å². The molecule has 1 aromatic heterocycles. The quantitative estimate of drug-likeness (QED) is 0.691. The lowest BCUT2D eigenvalue weighted by atomic mass is 10.2. The van der Waals surface area contributed by atoms with Crippen molar-refractivity contribution in [2.24, 2.45) is 7.05 Å². The molecule has 1 amide bonds. The molecule has 1 heterocycles. The summed E-state index contributed by atoms with van der Waals surface area (Å²) in [7, 11) is -2.31. The SMILES string of the molecule is Cc1ccccc1S(=O)(=O)NC(=O)c1cn(C)c(-c2ccc(Cl)c(Cl)c2)n1. The van der Waals surface area contributed by atoms with E-state index in [0.29, 0.717) is 27.0 Å². The average molecular weight is 424 g/mol. The summed E-state index contributed by atoms with van der Waals surface area (Å²) in [5, 5.41) is 0.752. The molecule has 0 aliphatic carbocycles. The third kappa shape index (κ3) is 4.00. The van der Waals surface area contributed by atoms with E-state index in [9.17, 15) is 13.2 Å². The van der Waals surface area contributed by atoms with Gasteiger partial charge in [-0.15, -0.1) is 0 Å². The molecule has 6 nitrogen and oxygen atoms in total. The first-order valence-corrected chi connectivity index (χ1v) is 10.0. The molecule has 0 bridgehead atoms. The molecule has 0 fully saturated rings. The van der Waals surface area contributed by atoms with Gasteiger partial charge in [-0.25, -0.2) is 18.1 Å². The molecule has 0 aliphatic rings. The fraction of sp³-hybridized carbons (Fsp3) is 0.111. The Morgan fingerprint density at radius 3 is 2.48 bits per heavy atom. The zero-order valence-electron chi connectivity index (χ0n) is 14.4. The van der Waals surface area contributed by atoms with E-state index < -0.39 is 15.9 Å². The molecule has 0 spiro atoms. The Labute approximate surface area is 166 Å². The predicted molar refractivity (Wildman–Crippen MR) is 104 cm³/mol. The molecule has 3 aromatic rings. The first kappa shape index (κ1) is 19.4. The number of nitrogens with one attached hydrogen (secondary N) is 1. The number of hydrogen-bond donors (Lipinski definition) is 1. The van der Waals surface area contributed by atoms with Gasteiger partial charge in [0.2, 0.25) is 0 Å². The second kappa shape index (κ2) is 7.34. The number of halogens is 2. The molecule has 27 heavy (non-hydrogen) atoms. The van der Waals surface area contributed by atoms with Crippen molar-refractivity contribution in [1.82, 2.24) is 14.3 Å². The summed E-state index contributed by atoms with van der Waals surface area (Å²) < 4.78 is 28.6. The summed E-state index contributed by atoms with van der Waals surface area (Å²) in [5.41, 5.74) is 1.15. The maximum atomic E-state index is 12.5. The number of amides is 1. The largest absolute Gasteiger partial charge is 0.333 e. The lowest BCUT2D eigenvalue weighted by molar-refractivity contribution is 0.0977. The van der Waals surface area contributed by atoms with E-state index in [1.807, 2.05) is 0 Å². The minimum atomic E-state index is -4.01. The number of nitrogens with zero attached hydrogens (tertiary/aromatic N) is 2. The minimum Gasteiger partial charge on any atom is -0.333 e. The molecule has 0 radical (unpaired) electrons. The topological polar surface area (TPSA) is 81.1 Å². The van der Waals surface area contributed by atoms with Crippen LogP contribution in [0.25, 0.3) is 11.4 Å². The molecule has 3 rings (SSSR count). The van der Waals surface area contributed by atoms with Gasteiger partial charge in [0.15, 0.2) is 0 Å². The van der Waals surface area contributed by atoms with E-state index in [0.717, 1.165) is 0 Å². The van der Waals surface area contributed by atoms with Crippen LogP contribution in [0.5, 0.6) is 0 Å². The Morgan fingerprint density at radius 2 is 1.81 bits per heavy atom. The highest BCUT2D eigenvalue weighted by atomic mass is 35.5. The van der Waals surface area contributed by atoms with Gasteiger partial charge in [0.1, 0.15) is 11.5 Å². The van der Waals surface area contributed by atoms with Crippen molar-refractivity contribution in [3.8, 4) is 11.4 Å². The van der Waals surface area contributed by atoms with Gasteiger partial charge in [-0.05, 0) is 36.8 Å². The van der Waals surface area contributed by atoms with Crippen LogP contribution in [0.4, 0.5) is 0 Å². The Hall–Kier alpha value is -2.35. The van der Waals surface area contributed by atoms with Gasteiger partial charge in [0, 0.05) is 18.8 Å². The Morgan fingerprint density at radius 1 is 1.11 bits per heavy atom. The molecule has 0 saturated carbocycles. The lowest BCUT2D eigenvalue weighted by Crippen LogP contribution is -2.31. The van der Waals surface area contributed by atoms with Crippen molar-refractivity contribution in [3.63, 3.8) is 0 Å². The van der Waals surface area contributed by atoms with Crippen LogP contribution >= 0.6 is 23.2 Å². The fourth-order valence-electron chi connectivity index (χ4n) is 2.57. The molecule has 0 atom stereocenters. The van der Waals surface area contributed by atoms with E-state index in [4.69, 9.17) is 23.2 Å². The predicted octanol–water partition coefficient (Wildman–Crippen LogP) is 3.82. The molecular weight excluding hydrogens is 409 g/mol. The summed E-state index contributed by atoms with van der Waals surface area (Å²) in [6.07, 6.45) is 1.44. The zero-order chi connectivity index (χ0) is 19.8. The van der Waals surface area contributed by atoms with E-state index in [1.54, 1.807) is 54.9 Å². The third-order valence-electron chi connectivity index (χ3n) is 3.90. The second-order valence-corrected chi connectivity index (χ2v) is 8.35. The van der Waals surface area contributed by atoms with Crippen LogP contribution in [0.2, 0.25) is 10.0 Å². The van der Waals surface area contributed by atoms with Crippen molar-refractivity contribution in [1.29, 1.82) is 0 Å². The first-order valence-electron chi connectivity index (χ1n) is 7.80. The number of imidazole rings is 1. The number of rotatable bonds is 4. The van der Waals surface area contributed by atoms with Crippen LogP contribution in [-0.2, 0) is 17.1 Å². The van der Waals surface area contributed by atoms with Crippen molar-refractivity contribution in [2.75, 3.05) is 0 Å². The summed E-state index contributed by atoms with van der Waals surface area (Å²) in [4.78, 5) is 16.7. The number of carbonyl (C=O) groups is 1. The Kier molecular flexibility index (Phi) is 5.28. The normalized spacial score (nSPS) is 11.4. The van der Waals surface area contributed by atoms with Crippen molar-refractivity contribution < 1.29 is 13.2 Å². The molecule has 140 valence electrons. The van der Waals surface area contributed by atoms with Crippen molar-refractivity contribution >= 4 is 39.1 Å². The van der Waals surface area contributed by atoms with Crippen LogP contribution in [-0.4, -0.2) is 23.9 Å². The van der Waals surface area contributed by atoms with Gasteiger partial charge in [0.05, 0.1) is 14.9 Å². The Balaban J connectivity index is 1.90. The summed E-state index contributed by atoms with van der Waals surface area (Å²) in [6, 6.07) is 11.4. The summed E-state index contributed by atoms with van der Waals surface area (Å²) in [6.45, 7) is 1.65. The van der Waals surface area contributed by atoms with E-state index in [1.165, 1.54) is 12.3 Å². The van der Waals surface area contributed by atoms with Crippen molar-refractivity contribution in [3.05, 3.63) is 70.0 Å². The van der Waals surface area contributed by atoms with Gasteiger partial charge in [-0.2, -0.15) is 0 Å². The number of benzene rings is 2. The molecule has 0 saturated heterocycles. The molecule has 0 unspecified atom stereocenters. The maximum Gasteiger partial charge on any atom is 0.285 e. The summed E-state index contributed by atoms with van der Waals surface area (Å²) >= 11 is 11.9. The number of sulfonamides is 1. The number of aromatic nitrogens is 2. The zero-order valence-corrected chi connectivity index (χ0v) is 16.7. The molecule has 0 aliphatic heterocycles. The minimum absolute atomic E-state index is 0.0317. The average Bonchev–Trinajstić information content (AvgIpc) is 2.99. The number of carbonyl (C=O) groups excluding carboxylic acids is 1. The molecule has 1 N–H and O–H groups in total. The van der Waals surface area contributed by atoms with Crippen LogP contribution in [0.3, 0.4) is 0 Å². The van der Waals surface area contributed by atoms with Gasteiger partial charge in [0.25, 0.3) is 15.9 Å². The smallest absolute Gasteiger partial charge is 0.285 e. The van der Waals surface area contributed by atoms with Crippen LogP contribution in [0.15, 0.2) is 53.6 Å².